The van der Waals surface area contributed by atoms with E-state index in [1.807, 2.05) is 55.5 Å². The average Bonchev–Trinajstić information content (AvgIpc) is 2.98. The molecule has 0 fully saturated rings. The fourth-order valence-electron chi connectivity index (χ4n) is 7.19. The van der Waals surface area contributed by atoms with Gasteiger partial charge in [0.2, 0.25) is 0 Å². The maximum Gasteiger partial charge on any atom is 0.262 e. The molecule has 0 unspecified atom stereocenters. The Morgan fingerprint density at radius 2 is 1.43 bits per heavy atom. The lowest BCUT2D eigenvalue weighted by Gasteiger charge is -2.49. The van der Waals surface area contributed by atoms with Crippen LogP contribution in [-0.4, -0.2) is 29.0 Å². The number of hydrogen-bond donors (Lipinski definition) is 1. The van der Waals surface area contributed by atoms with Gasteiger partial charge in [-0.1, -0.05) is 93.9 Å². The number of ether oxygens (including phenoxy) is 1. The number of allylic oxidation sites excluding steroid dienone is 4. The van der Waals surface area contributed by atoms with Crippen molar-refractivity contribution in [3.63, 3.8) is 0 Å². The van der Waals surface area contributed by atoms with Gasteiger partial charge in [-0.05, 0) is 65.5 Å². The van der Waals surface area contributed by atoms with Crippen molar-refractivity contribution in [3.8, 4) is 5.75 Å². The van der Waals surface area contributed by atoms with Crippen LogP contribution in [0.3, 0.4) is 0 Å². The Hall–Kier alpha value is -4.16. The van der Waals surface area contributed by atoms with E-state index in [4.69, 9.17) is 16.3 Å². The molecule has 0 aromatic heterocycles. The van der Waals surface area contributed by atoms with E-state index in [2.05, 4.69) is 50.0 Å². The van der Waals surface area contributed by atoms with Crippen LogP contribution >= 0.6 is 11.6 Å². The molecule has 1 N–H and O–H groups in total. The van der Waals surface area contributed by atoms with Gasteiger partial charge in [-0.25, -0.2) is 0 Å². The first kappa shape index (κ1) is 31.8. The molecule has 3 aromatic rings. The highest BCUT2D eigenvalue weighted by Crippen LogP contribution is 2.55. The van der Waals surface area contributed by atoms with Crippen molar-refractivity contribution in [3.05, 3.63) is 117 Å². The summed E-state index contributed by atoms with van der Waals surface area (Å²) in [5.41, 5.74) is 6.57. The summed E-state index contributed by atoms with van der Waals surface area (Å²) < 4.78 is 5.84. The van der Waals surface area contributed by atoms with Crippen molar-refractivity contribution >= 4 is 34.8 Å². The summed E-state index contributed by atoms with van der Waals surface area (Å²) in [6, 6.07) is 23.2. The third-order valence-corrected chi connectivity index (χ3v) is 9.57. The van der Waals surface area contributed by atoms with Crippen molar-refractivity contribution in [2.24, 2.45) is 10.8 Å². The Morgan fingerprint density at radius 3 is 2.02 bits per heavy atom. The topological polar surface area (TPSA) is 75.7 Å². The second-order valence-corrected chi connectivity index (χ2v) is 14.9. The summed E-state index contributed by atoms with van der Waals surface area (Å²) in [4.78, 5) is 43.2. The lowest BCUT2D eigenvalue weighted by Crippen LogP contribution is -2.44. The molecule has 1 heterocycles. The first-order valence-electron chi connectivity index (χ1n) is 15.9. The highest BCUT2D eigenvalue weighted by Gasteiger charge is 2.49. The number of Topliss-reactive ketones (excluding diaryl/α,β-unsaturated/α-hetero) is 2. The average molecular weight is 637 g/mol. The van der Waals surface area contributed by atoms with E-state index in [0.717, 1.165) is 46.6 Å². The number of halogens is 1. The number of aryl methyl sites for hydroxylation is 1. The van der Waals surface area contributed by atoms with Crippen LogP contribution in [0.15, 0.2) is 95.3 Å². The summed E-state index contributed by atoms with van der Waals surface area (Å²) in [6.07, 6.45) is 2.28. The van der Waals surface area contributed by atoms with Crippen LogP contribution in [0.1, 0.15) is 76.0 Å². The zero-order chi connectivity index (χ0) is 32.8. The van der Waals surface area contributed by atoms with Gasteiger partial charge >= 0.3 is 0 Å². The number of carbonyl (C=O) groups is 3. The van der Waals surface area contributed by atoms with Crippen molar-refractivity contribution in [1.82, 2.24) is 4.90 Å². The molecule has 0 radical (unpaired) electrons. The summed E-state index contributed by atoms with van der Waals surface area (Å²) in [5, 5.41) is 3.19. The minimum Gasteiger partial charge on any atom is -0.482 e. The minimum absolute atomic E-state index is 0.0721. The molecule has 1 aliphatic heterocycles. The lowest BCUT2D eigenvalue weighted by atomic mass is 9.63. The standard InChI is InChI=1S/C39H41ClN2O4/c1-24-11-9-10-14-28(24)41-34(45)23-46-33-16-15-26(17-27(33)40)35-36-29(18-38(2,3)20-31(36)43)42(22-25-12-7-6-8-13-25)30-19-39(4,5)21-32(44)37(30)35/h6-17,35H,18-23H2,1-5H3,(H,41,45). The molecule has 6 nitrogen and oxygen atoms in total. The first-order chi connectivity index (χ1) is 21.8. The molecule has 6 rings (SSSR count). The highest BCUT2D eigenvalue weighted by atomic mass is 35.5. The van der Waals surface area contributed by atoms with E-state index in [1.165, 1.54) is 0 Å². The molecule has 2 aliphatic carbocycles. The van der Waals surface area contributed by atoms with Gasteiger partial charge in [0, 0.05) is 53.5 Å². The van der Waals surface area contributed by atoms with Crippen molar-refractivity contribution in [1.29, 1.82) is 0 Å². The summed E-state index contributed by atoms with van der Waals surface area (Å²) in [7, 11) is 0. The Balaban J connectivity index is 1.38. The number of ketones is 2. The molecule has 0 saturated carbocycles. The third-order valence-electron chi connectivity index (χ3n) is 9.27. The summed E-state index contributed by atoms with van der Waals surface area (Å²) in [6.45, 7) is 10.9. The van der Waals surface area contributed by atoms with Crippen molar-refractivity contribution in [2.75, 3.05) is 11.9 Å². The quantitative estimate of drug-likeness (QED) is 0.281. The summed E-state index contributed by atoms with van der Waals surface area (Å²) in [5.74, 6) is -0.302. The van der Waals surface area contributed by atoms with Gasteiger partial charge in [0.15, 0.2) is 18.2 Å². The molecule has 3 aliphatic rings. The van der Waals surface area contributed by atoms with E-state index in [0.29, 0.717) is 41.3 Å². The predicted octanol–water partition coefficient (Wildman–Crippen LogP) is 8.55. The van der Waals surface area contributed by atoms with Crippen molar-refractivity contribution in [2.45, 2.75) is 72.8 Å². The number of nitrogens with one attached hydrogen (secondary N) is 1. The maximum absolute atomic E-state index is 14.1. The van der Waals surface area contributed by atoms with Gasteiger partial charge < -0.3 is 15.0 Å². The van der Waals surface area contributed by atoms with E-state index in [-0.39, 0.29) is 34.9 Å². The van der Waals surface area contributed by atoms with Crippen LogP contribution in [0, 0.1) is 17.8 Å². The van der Waals surface area contributed by atoms with Crippen LogP contribution in [0.4, 0.5) is 5.69 Å². The molecule has 0 atom stereocenters. The zero-order valence-electron chi connectivity index (χ0n) is 27.2. The van der Waals surface area contributed by atoms with Gasteiger partial charge in [0.1, 0.15) is 5.75 Å². The Labute approximate surface area is 276 Å². The molecular formula is C39H41ClN2O4. The third kappa shape index (κ3) is 6.41. The van der Waals surface area contributed by atoms with Gasteiger partial charge in [-0.2, -0.15) is 0 Å². The second kappa shape index (κ2) is 12.2. The van der Waals surface area contributed by atoms with Gasteiger partial charge in [-0.3, -0.25) is 14.4 Å². The molecule has 46 heavy (non-hydrogen) atoms. The van der Waals surface area contributed by atoms with Crippen LogP contribution in [0.5, 0.6) is 5.75 Å². The fourth-order valence-corrected chi connectivity index (χ4v) is 7.44. The molecule has 3 aromatic carbocycles. The van der Waals surface area contributed by atoms with Crippen LogP contribution in [-0.2, 0) is 20.9 Å². The van der Waals surface area contributed by atoms with E-state index in [1.54, 1.807) is 12.1 Å². The number of hydrogen-bond acceptors (Lipinski definition) is 5. The van der Waals surface area contributed by atoms with E-state index < -0.39 is 5.92 Å². The Kier molecular flexibility index (Phi) is 8.45. The Morgan fingerprint density at radius 1 is 0.848 bits per heavy atom. The number of carbonyl (C=O) groups excluding carboxylic acids is 3. The van der Waals surface area contributed by atoms with Crippen LogP contribution in [0.25, 0.3) is 0 Å². The maximum atomic E-state index is 14.1. The van der Waals surface area contributed by atoms with Gasteiger partial charge in [-0.15, -0.1) is 0 Å². The molecule has 0 bridgehead atoms. The molecule has 0 saturated heterocycles. The number of amides is 1. The van der Waals surface area contributed by atoms with Crippen LogP contribution in [0.2, 0.25) is 5.02 Å². The Bertz CT molecular complexity index is 1730. The van der Waals surface area contributed by atoms with Crippen molar-refractivity contribution < 1.29 is 19.1 Å². The number of nitrogens with zero attached hydrogens (tertiary/aromatic N) is 1. The largest absolute Gasteiger partial charge is 0.482 e. The molecule has 7 heteroatoms. The molecular weight excluding hydrogens is 596 g/mol. The first-order valence-corrected chi connectivity index (χ1v) is 16.3. The van der Waals surface area contributed by atoms with E-state index in [9.17, 15) is 14.4 Å². The molecule has 0 spiro atoms. The smallest absolute Gasteiger partial charge is 0.262 e. The number of benzene rings is 3. The van der Waals surface area contributed by atoms with Crippen LogP contribution < -0.4 is 10.1 Å². The number of para-hydroxylation sites is 1. The molecule has 1 amide bonds. The number of rotatable bonds is 7. The zero-order valence-corrected chi connectivity index (χ0v) is 28.0. The number of anilines is 1. The normalized spacial score (nSPS) is 19.1. The molecule has 238 valence electrons. The minimum atomic E-state index is -0.514. The monoisotopic (exact) mass is 636 g/mol. The second-order valence-electron chi connectivity index (χ2n) is 14.4. The lowest BCUT2D eigenvalue weighted by molar-refractivity contribution is -0.120. The van der Waals surface area contributed by atoms with Gasteiger partial charge in [0.25, 0.3) is 5.91 Å². The van der Waals surface area contributed by atoms with Gasteiger partial charge in [0.05, 0.1) is 5.02 Å². The predicted molar refractivity (Wildman–Crippen MR) is 182 cm³/mol. The fraction of sp³-hybridized carbons (Fsp3) is 0.359. The summed E-state index contributed by atoms with van der Waals surface area (Å²) >= 11 is 6.80. The van der Waals surface area contributed by atoms with E-state index >= 15 is 0 Å². The highest BCUT2D eigenvalue weighted by molar-refractivity contribution is 6.32. The SMILES string of the molecule is Cc1ccccc1NC(=O)COc1ccc(C2C3=C(CC(C)(C)CC3=O)N(Cc3ccccc3)C3=C2C(=O)CC(C)(C)C3)cc1Cl.